The van der Waals surface area contributed by atoms with E-state index < -0.39 is 11.7 Å². The molecule has 2 heterocycles. The van der Waals surface area contributed by atoms with Gasteiger partial charge in [-0.1, -0.05) is 12.1 Å². The van der Waals surface area contributed by atoms with Gasteiger partial charge in [0.2, 0.25) is 0 Å². The SMILES string of the molecule is CO[C@@H]1C[C@H](OCc2cccc(C(F)(F)F)c2)[C@H]2CO[C@@H]1O2. The first-order chi connectivity index (χ1) is 10.5. The molecule has 0 unspecified atom stereocenters. The van der Waals surface area contributed by atoms with Crippen LogP contribution >= 0.6 is 0 Å². The van der Waals surface area contributed by atoms with Gasteiger partial charge in [-0.25, -0.2) is 0 Å². The summed E-state index contributed by atoms with van der Waals surface area (Å²) in [6, 6.07) is 5.14. The summed E-state index contributed by atoms with van der Waals surface area (Å²) in [6.07, 6.45) is -4.78. The predicted octanol–water partition coefficient (Wildman–Crippen LogP) is 2.75. The van der Waals surface area contributed by atoms with Crippen molar-refractivity contribution in [3.05, 3.63) is 35.4 Å². The third kappa shape index (κ3) is 3.27. The highest BCUT2D eigenvalue weighted by atomic mass is 19.4. The van der Waals surface area contributed by atoms with Crippen molar-refractivity contribution in [2.24, 2.45) is 0 Å². The van der Waals surface area contributed by atoms with Gasteiger partial charge in [0, 0.05) is 13.5 Å². The van der Waals surface area contributed by atoms with Gasteiger partial charge < -0.3 is 18.9 Å². The molecule has 7 heteroatoms. The van der Waals surface area contributed by atoms with E-state index in [0.717, 1.165) is 12.1 Å². The van der Waals surface area contributed by atoms with E-state index >= 15 is 0 Å². The maximum absolute atomic E-state index is 12.7. The third-order valence-corrected chi connectivity index (χ3v) is 3.94. The van der Waals surface area contributed by atoms with Crippen molar-refractivity contribution in [2.45, 2.75) is 43.8 Å². The number of rotatable bonds is 4. The summed E-state index contributed by atoms with van der Waals surface area (Å²) in [4.78, 5) is 0. The Morgan fingerprint density at radius 2 is 2.09 bits per heavy atom. The van der Waals surface area contributed by atoms with Gasteiger partial charge in [0.15, 0.2) is 6.29 Å². The fourth-order valence-electron chi connectivity index (χ4n) is 2.75. The molecule has 0 spiro atoms. The Labute approximate surface area is 126 Å². The van der Waals surface area contributed by atoms with Crippen LogP contribution in [0.1, 0.15) is 17.5 Å². The highest BCUT2D eigenvalue weighted by Crippen LogP contribution is 2.32. The molecule has 0 aliphatic carbocycles. The second-order valence-corrected chi connectivity index (χ2v) is 5.43. The van der Waals surface area contributed by atoms with Crippen LogP contribution in [-0.4, -0.2) is 38.3 Å². The first-order valence-corrected chi connectivity index (χ1v) is 7.05. The average molecular weight is 318 g/mol. The van der Waals surface area contributed by atoms with Gasteiger partial charge in [-0.2, -0.15) is 13.2 Å². The molecule has 0 aromatic heterocycles. The summed E-state index contributed by atoms with van der Waals surface area (Å²) in [5.74, 6) is 0. The molecule has 2 saturated heterocycles. The maximum Gasteiger partial charge on any atom is 0.416 e. The normalized spacial score (nSPS) is 31.5. The number of hydrogen-bond acceptors (Lipinski definition) is 4. The first-order valence-electron chi connectivity index (χ1n) is 7.05. The van der Waals surface area contributed by atoms with E-state index in [1.165, 1.54) is 6.07 Å². The number of alkyl halides is 3. The highest BCUT2D eigenvalue weighted by molar-refractivity contribution is 5.25. The lowest BCUT2D eigenvalue weighted by Crippen LogP contribution is -2.44. The molecule has 0 radical (unpaired) electrons. The van der Waals surface area contributed by atoms with Gasteiger partial charge in [0.1, 0.15) is 12.2 Å². The standard InChI is InChI=1S/C15H17F3O4/c1-19-12-6-11(13-8-21-14(12)22-13)20-7-9-3-2-4-10(5-9)15(16,17)18/h2-5,11-14H,6-8H2,1H3/t11-,12+,13+,14+/m0/s1. The lowest BCUT2D eigenvalue weighted by atomic mass is 10.0. The minimum atomic E-state index is -4.35. The highest BCUT2D eigenvalue weighted by Gasteiger charge is 2.44. The zero-order chi connectivity index (χ0) is 15.7. The number of halogens is 3. The van der Waals surface area contributed by atoms with Crippen LogP contribution in [0.3, 0.4) is 0 Å². The van der Waals surface area contributed by atoms with E-state index in [9.17, 15) is 13.2 Å². The molecular weight excluding hydrogens is 301 g/mol. The van der Waals surface area contributed by atoms with Crippen molar-refractivity contribution in [3.63, 3.8) is 0 Å². The van der Waals surface area contributed by atoms with E-state index in [2.05, 4.69) is 0 Å². The Morgan fingerprint density at radius 3 is 2.82 bits per heavy atom. The summed E-state index contributed by atoms with van der Waals surface area (Å²) >= 11 is 0. The summed E-state index contributed by atoms with van der Waals surface area (Å²) in [7, 11) is 1.57. The van der Waals surface area contributed by atoms with E-state index in [4.69, 9.17) is 18.9 Å². The Balaban J connectivity index is 1.63. The quantitative estimate of drug-likeness (QED) is 0.855. The van der Waals surface area contributed by atoms with E-state index in [1.807, 2.05) is 0 Å². The number of fused-ring (bicyclic) bond motifs is 2. The summed E-state index contributed by atoms with van der Waals surface area (Å²) in [5, 5.41) is 0. The molecule has 122 valence electrons. The van der Waals surface area contributed by atoms with Crippen molar-refractivity contribution in [2.75, 3.05) is 13.7 Å². The summed E-state index contributed by atoms with van der Waals surface area (Å²) in [5.41, 5.74) is -0.197. The number of hydrogen-bond donors (Lipinski definition) is 0. The van der Waals surface area contributed by atoms with Crippen LogP contribution < -0.4 is 0 Å². The molecule has 2 bridgehead atoms. The Kier molecular flexibility index (Phi) is 4.40. The lowest BCUT2D eigenvalue weighted by Gasteiger charge is -2.32. The molecule has 22 heavy (non-hydrogen) atoms. The molecule has 2 aliphatic heterocycles. The number of benzene rings is 1. The molecule has 2 aliphatic rings. The molecule has 0 N–H and O–H groups in total. The second kappa shape index (κ2) is 6.16. The largest absolute Gasteiger partial charge is 0.416 e. The topological polar surface area (TPSA) is 36.9 Å². The van der Waals surface area contributed by atoms with Crippen LogP contribution in [0.25, 0.3) is 0 Å². The van der Waals surface area contributed by atoms with E-state index in [1.54, 1.807) is 13.2 Å². The van der Waals surface area contributed by atoms with Gasteiger partial charge in [-0.15, -0.1) is 0 Å². The van der Waals surface area contributed by atoms with Crippen LogP contribution in [0.4, 0.5) is 13.2 Å². The molecule has 2 fully saturated rings. The Hall–Kier alpha value is -1.15. The van der Waals surface area contributed by atoms with Crippen molar-refractivity contribution < 1.29 is 32.1 Å². The second-order valence-electron chi connectivity index (χ2n) is 5.43. The zero-order valence-electron chi connectivity index (χ0n) is 12.0. The predicted molar refractivity (Wildman–Crippen MR) is 70.0 cm³/mol. The van der Waals surface area contributed by atoms with Crippen LogP contribution in [0.5, 0.6) is 0 Å². The van der Waals surface area contributed by atoms with Gasteiger partial charge in [0.25, 0.3) is 0 Å². The number of ether oxygens (including phenoxy) is 4. The zero-order valence-corrected chi connectivity index (χ0v) is 12.0. The van der Waals surface area contributed by atoms with Gasteiger partial charge in [-0.05, 0) is 17.7 Å². The molecular formula is C15H17F3O4. The third-order valence-electron chi connectivity index (χ3n) is 3.94. The number of methoxy groups -OCH3 is 1. The maximum atomic E-state index is 12.7. The van der Waals surface area contributed by atoms with E-state index in [-0.39, 0.29) is 31.2 Å². The van der Waals surface area contributed by atoms with Crippen LogP contribution in [-0.2, 0) is 31.7 Å². The van der Waals surface area contributed by atoms with Crippen molar-refractivity contribution in [1.29, 1.82) is 0 Å². The fourth-order valence-corrected chi connectivity index (χ4v) is 2.75. The lowest BCUT2D eigenvalue weighted by molar-refractivity contribution is -0.200. The molecule has 1 aromatic rings. The molecule has 0 saturated carbocycles. The van der Waals surface area contributed by atoms with Gasteiger partial charge >= 0.3 is 6.18 Å². The van der Waals surface area contributed by atoms with Crippen molar-refractivity contribution in [1.82, 2.24) is 0 Å². The molecule has 4 nitrogen and oxygen atoms in total. The van der Waals surface area contributed by atoms with Crippen molar-refractivity contribution >= 4 is 0 Å². The summed E-state index contributed by atoms with van der Waals surface area (Å²) < 4.78 is 60.2. The molecule has 3 rings (SSSR count). The monoisotopic (exact) mass is 318 g/mol. The first kappa shape index (κ1) is 15.7. The molecule has 1 aromatic carbocycles. The smallest absolute Gasteiger partial charge is 0.376 e. The minimum absolute atomic E-state index is 0.0928. The van der Waals surface area contributed by atoms with Gasteiger partial charge in [0.05, 0.1) is 24.9 Å². The minimum Gasteiger partial charge on any atom is -0.376 e. The van der Waals surface area contributed by atoms with Crippen LogP contribution in [0.2, 0.25) is 0 Å². The Morgan fingerprint density at radius 1 is 1.27 bits per heavy atom. The van der Waals surface area contributed by atoms with Crippen molar-refractivity contribution in [3.8, 4) is 0 Å². The molecule has 4 atom stereocenters. The fraction of sp³-hybridized carbons (Fsp3) is 0.600. The molecule has 0 amide bonds. The van der Waals surface area contributed by atoms with Gasteiger partial charge in [-0.3, -0.25) is 0 Å². The van der Waals surface area contributed by atoms with Crippen LogP contribution in [0.15, 0.2) is 24.3 Å². The van der Waals surface area contributed by atoms with E-state index in [0.29, 0.717) is 18.6 Å². The Bertz CT molecular complexity index is 520. The average Bonchev–Trinajstić information content (AvgIpc) is 2.91. The van der Waals surface area contributed by atoms with Crippen LogP contribution in [0, 0.1) is 0 Å². The summed E-state index contributed by atoms with van der Waals surface area (Å²) in [6.45, 7) is 0.507.